The molecule has 0 aliphatic rings. The highest BCUT2D eigenvalue weighted by atomic mass is 35.5. The molecule has 0 saturated carbocycles. The molecule has 8 heteroatoms. The minimum Gasteiger partial charge on any atom is -0.379 e. The molecule has 0 saturated heterocycles. The normalized spacial score (nSPS) is 13.6. The Morgan fingerprint density at radius 3 is 2.44 bits per heavy atom. The number of alkyl halides is 3. The molecule has 0 amide bonds. The van der Waals surface area contributed by atoms with Gasteiger partial charge < -0.3 is 5.11 Å². The molecule has 1 atom stereocenters. The van der Waals surface area contributed by atoms with E-state index in [4.69, 9.17) is 16.7 Å². The molecule has 1 rings (SSSR count). The van der Waals surface area contributed by atoms with Crippen LogP contribution in [-0.4, -0.2) is 16.2 Å². The van der Waals surface area contributed by atoms with E-state index >= 15 is 0 Å². The van der Waals surface area contributed by atoms with E-state index < -0.39 is 28.5 Å². The first-order valence-electron chi connectivity index (χ1n) is 3.92. The van der Waals surface area contributed by atoms with Gasteiger partial charge in [0.05, 0.1) is 4.92 Å². The number of rotatable bonds is 2. The van der Waals surface area contributed by atoms with Crippen molar-refractivity contribution in [2.45, 2.75) is 12.3 Å². The number of hydrogen-bond acceptors (Lipinski definition) is 3. The SMILES string of the molecule is O=[N+]([O-])c1ccc(Cl)c([C@@H](O)C(F)(F)F)c1. The van der Waals surface area contributed by atoms with Crippen LogP contribution in [0.5, 0.6) is 0 Å². The Labute approximate surface area is 92.4 Å². The average molecular weight is 256 g/mol. The number of hydrogen-bond donors (Lipinski definition) is 1. The smallest absolute Gasteiger partial charge is 0.379 e. The zero-order valence-electron chi connectivity index (χ0n) is 7.53. The summed E-state index contributed by atoms with van der Waals surface area (Å²) in [5.74, 6) is 0. The summed E-state index contributed by atoms with van der Waals surface area (Å²) in [5, 5.41) is 18.9. The number of aliphatic hydroxyl groups is 1. The Kier molecular flexibility index (Phi) is 3.39. The highest BCUT2D eigenvalue weighted by Gasteiger charge is 2.41. The summed E-state index contributed by atoms with van der Waals surface area (Å²) in [7, 11) is 0. The molecule has 4 nitrogen and oxygen atoms in total. The van der Waals surface area contributed by atoms with Crippen LogP contribution in [0.1, 0.15) is 11.7 Å². The molecule has 0 heterocycles. The summed E-state index contributed by atoms with van der Waals surface area (Å²) in [4.78, 5) is 9.46. The summed E-state index contributed by atoms with van der Waals surface area (Å²) in [6.45, 7) is 0. The van der Waals surface area contributed by atoms with Crippen LogP contribution in [0.15, 0.2) is 18.2 Å². The van der Waals surface area contributed by atoms with Crippen molar-refractivity contribution in [1.82, 2.24) is 0 Å². The van der Waals surface area contributed by atoms with Gasteiger partial charge in [0.15, 0.2) is 6.10 Å². The Bertz CT molecular complexity index is 421. The van der Waals surface area contributed by atoms with Crippen LogP contribution >= 0.6 is 11.6 Å². The topological polar surface area (TPSA) is 63.4 Å². The molecular formula is C8H5ClF3NO3. The van der Waals surface area contributed by atoms with Crippen LogP contribution in [-0.2, 0) is 0 Å². The number of nitrogens with zero attached hydrogens (tertiary/aromatic N) is 1. The molecule has 1 aromatic carbocycles. The van der Waals surface area contributed by atoms with Crippen molar-refractivity contribution >= 4 is 17.3 Å². The molecule has 0 aliphatic carbocycles. The van der Waals surface area contributed by atoms with Crippen molar-refractivity contribution in [2.75, 3.05) is 0 Å². The molecular weight excluding hydrogens is 251 g/mol. The second-order valence-electron chi connectivity index (χ2n) is 2.91. The monoisotopic (exact) mass is 255 g/mol. The van der Waals surface area contributed by atoms with Gasteiger partial charge in [-0.25, -0.2) is 0 Å². The number of halogens is 4. The van der Waals surface area contributed by atoms with E-state index in [9.17, 15) is 23.3 Å². The minimum atomic E-state index is -4.92. The van der Waals surface area contributed by atoms with Crippen LogP contribution in [0.3, 0.4) is 0 Å². The summed E-state index contributed by atoms with van der Waals surface area (Å²) in [6, 6.07) is 2.49. The van der Waals surface area contributed by atoms with Crippen LogP contribution < -0.4 is 0 Å². The highest BCUT2D eigenvalue weighted by Crippen LogP contribution is 2.37. The third-order valence-electron chi connectivity index (χ3n) is 1.80. The molecule has 0 aliphatic heterocycles. The predicted molar refractivity (Wildman–Crippen MR) is 49.1 cm³/mol. The lowest BCUT2D eigenvalue weighted by Gasteiger charge is -2.15. The molecule has 0 radical (unpaired) electrons. The van der Waals surface area contributed by atoms with Gasteiger partial charge in [-0.3, -0.25) is 10.1 Å². The lowest BCUT2D eigenvalue weighted by Crippen LogP contribution is -2.20. The van der Waals surface area contributed by atoms with Gasteiger partial charge in [0, 0.05) is 22.7 Å². The Morgan fingerprint density at radius 1 is 1.44 bits per heavy atom. The van der Waals surface area contributed by atoms with E-state index in [2.05, 4.69) is 0 Å². The Balaban J connectivity index is 3.22. The summed E-state index contributed by atoms with van der Waals surface area (Å²) >= 11 is 5.42. The van der Waals surface area contributed by atoms with E-state index in [0.717, 1.165) is 12.1 Å². The maximum absolute atomic E-state index is 12.2. The van der Waals surface area contributed by atoms with Gasteiger partial charge in [-0.1, -0.05) is 11.6 Å². The number of nitro benzene ring substituents is 1. The first kappa shape index (κ1) is 12.7. The molecule has 0 aromatic heterocycles. The van der Waals surface area contributed by atoms with E-state index in [1.54, 1.807) is 0 Å². The quantitative estimate of drug-likeness (QED) is 0.653. The van der Waals surface area contributed by atoms with Crippen LogP contribution in [0.25, 0.3) is 0 Å². The molecule has 0 unspecified atom stereocenters. The lowest BCUT2D eigenvalue weighted by atomic mass is 10.1. The summed E-state index contributed by atoms with van der Waals surface area (Å²) in [5.41, 5.74) is -1.30. The molecule has 0 fully saturated rings. The molecule has 88 valence electrons. The number of nitro groups is 1. The van der Waals surface area contributed by atoms with E-state index in [0.29, 0.717) is 6.07 Å². The van der Waals surface area contributed by atoms with Gasteiger partial charge in [-0.2, -0.15) is 13.2 Å². The lowest BCUT2D eigenvalue weighted by molar-refractivity contribution is -0.385. The van der Waals surface area contributed by atoms with Gasteiger partial charge in [-0.15, -0.1) is 0 Å². The fourth-order valence-electron chi connectivity index (χ4n) is 1.03. The van der Waals surface area contributed by atoms with Gasteiger partial charge in [-0.05, 0) is 6.07 Å². The zero-order chi connectivity index (χ0) is 12.5. The van der Waals surface area contributed by atoms with Crippen LogP contribution in [0.4, 0.5) is 18.9 Å². The fourth-order valence-corrected chi connectivity index (χ4v) is 1.25. The molecule has 1 aromatic rings. The number of aliphatic hydroxyl groups excluding tert-OH is 1. The average Bonchev–Trinajstić information content (AvgIpc) is 2.15. The maximum Gasteiger partial charge on any atom is 0.418 e. The third kappa shape index (κ3) is 2.61. The Hall–Kier alpha value is -1.34. The van der Waals surface area contributed by atoms with Gasteiger partial charge >= 0.3 is 6.18 Å². The standard InChI is InChI=1S/C8H5ClF3NO3/c9-6-2-1-4(13(15)16)3-5(6)7(14)8(10,11)12/h1-3,7,14H/t7-/m1/s1. The Morgan fingerprint density at radius 2 is 2.00 bits per heavy atom. The van der Waals surface area contributed by atoms with Gasteiger partial charge in [0.1, 0.15) is 0 Å². The molecule has 0 bridgehead atoms. The molecule has 16 heavy (non-hydrogen) atoms. The first-order chi connectivity index (χ1) is 7.23. The second-order valence-corrected chi connectivity index (χ2v) is 3.31. The van der Waals surface area contributed by atoms with E-state index in [1.165, 1.54) is 0 Å². The van der Waals surface area contributed by atoms with Gasteiger partial charge in [0.25, 0.3) is 5.69 Å². The highest BCUT2D eigenvalue weighted by molar-refractivity contribution is 6.31. The van der Waals surface area contributed by atoms with Crippen molar-refractivity contribution in [3.63, 3.8) is 0 Å². The van der Waals surface area contributed by atoms with Crippen LogP contribution in [0, 0.1) is 10.1 Å². The van der Waals surface area contributed by atoms with Crippen molar-refractivity contribution in [2.24, 2.45) is 0 Å². The van der Waals surface area contributed by atoms with Crippen molar-refractivity contribution in [1.29, 1.82) is 0 Å². The van der Waals surface area contributed by atoms with Crippen molar-refractivity contribution in [3.8, 4) is 0 Å². The minimum absolute atomic E-state index is 0.379. The third-order valence-corrected chi connectivity index (χ3v) is 2.14. The summed E-state index contributed by atoms with van der Waals surface area (Å²) < 4.78 is 36.5. The van der Waals surface area contributed by atoms with E-state index in [-0.39, 0.29) is 5.02 Å². The fraction of sp³-hybridized carbons (Fsp3) is 0.250. The first-order valence-corrected chi connectivity index (χ1v) is 4.30. The largest absolute Gasteiger partial charge is 0.418 e. The molecule has 1 N–H and O–H groups in total. The van der Waals surface area contributed by atoms with Crippen LogP contribution in [0.2, 0.25) is 5.02 Å². The second kappa shape index (κ2) is 4.26. The zero-order valence-corrected chi connectivity index (χ0v) is 8.29. The van der Waals surface area contributed by atoms with Crippen molar-refractivity contribution < 1.29 is 23.2 Å². The van der Waals surface area contributed by atoms with E-state index in [1.807, 2.05) is 0 Å². The number of non-ortho nitro benzene ring substituents is 1. The van der Waals surface area contributed by atoms with Crippen molar-refractivity contribution in [3.05, 3.63) is 38.9 Å². The maximum atomic E-state index is 12.2. The summed E-state index contributed by atoms with van der Waals surface area (Å²) in [6.07, 6.45) is -7.75. The molecule has 0 spiro atoms. The number of benzene rings is 1. The van der Waals surface area contributed by atoms with Gasteiger partial charge in [0.2, 0.25) is 0 Å². The predicted octanol–water partition coefficient (Wildman–Crippen LogP) is 2.84.